The lowest BCUT2D eigenvalue weighted by Crippen LogP contribution is -2.30. The van der Waals surface area contributed by atoms with Crippen LogP contribution in [0.25, 0.3) is 33.4 Å². The highest BCUT2D eigenvalue weighted by Crippen LogP contribution is 2.45. The molecule has 0 spiro atoms. The Morgan fingerprint density at radius 1 is 1.00 bits per heavy atom. The van der Waals surface area contributed by atoms with Gasteiger partial charge in [-0.25, -0.2) is 9.97 Å². The fraction of sp³-hybridized carbons (Fsp3) is 0.433. The van der Waals surface area contributed by atoms with Crippen LogP contribution in [0.3, 0.4) is 0 Å². The van der Waals surface area contributed by atoms with Gasteiger partial charge in [-0.1, -0.05) is 12.1 Å². The largest absolute Gasteiger partial charge is 0.351 e. The Balaban J connectivity index is 1.37. The Bertz CT molecular complexity index is 1530. The Morgan fingerprint density at radius 3 is 2.53 bits per heavy atom. The van der Waals surface area contributed by atoms with Crippen LogP contribution in [0.1, 0.15) is 62.6 Å². The first-order chi connectivity index (χ1) is 18.5. The molecule has 0 radical (unpaired) electrons. The number of nitrogens with two attached hydrogens (primary N) is 1. The van der Waals surface area contributed by atoms with Crippen molar-refractivity contribution in [2.75, 3.05) is 11.9 Å². The van der Waals surface area contributed by atoms with Crippen molar-refractivity contribution < 1.29 is 0 Å². The van der Waals surface area contributed by atoms with Crippen molar-refractivity contribution in [1.29, 1.82) is 0 Å². The zero-order chi connectivity index (χ0) is 26.2. The van der Waals surface area contributed by atoms with Crippen LogP contribution in [0.2, 0.25) is 0 Å². The first kappa shape index (κ1) is 24.7. The quantitative estimate of drug-likeness (QED) is 0.358. The van der Waals surface area contributed by atoms with E-state index in [-0.39, 0.29) is 5.56 Å². The highest BCUT2D eigenvalue weighted by atomic mass is 16.1. The van der Waals surface area contributed by atoms with Gasteiger partial charge in [-0.15, -0.1) is 0 Å². The van der Waals surface area contributed by atoms with E-state index in [1.165, 1.54) is 5.56 Å². The summed E-state index contributed by atoms with van der Waals surface area (Å²) in [5.74, 6) is 1.67. The van der Waals surface area contributed by atoms with E-state index in [4.69, 9.17) is 10.7 Å². The zero-order valence-electron chi connectivity index (χ0n) is 22.2. The third-order valence-electron chi connectivity index (χ3n) is 8.07. The number of nitrogens with one attached hydrogen (secondary N) is 1. The van der Waals surface area contributed by atoms with Gasteiger partial charge in [0.1, 0.15) is 5.65 Å². The number of rotatable bonds is 7. The van der Waals surface area contributed by atoms with Crippen molar-refractivity contribution in [2.45, 2.75) is 70.9 Å². The maximum atomic E-state index is 13.8. The van der Waals surface area contributed by atoms with Gasteiger partial charge >= 0.3 is 0 Å². The predicted octanol–water partition coefficient (Wildman–Crippen LogP) is 5.05. The summed E-state index contributed by atoms with van der Waals surface area (Å²) in [7, 11) is 0. The van der Waals surface area contributed by atoms with Crippen LogP contribution in [0.5, 0.6) is 0 Å². The number of hydrogen-bond donors (Lipinski definition) is 2. The minimum Gasteiger partial charge on any atom is -0.351 e. The van der Waals surface area contributed by atoms with Crippen molar-refractivity contribution in [2.24, 2.45) is 11.7 Å². The molecular weight excluding hydrogens is 474 g/mol. The number of pyridine rings is 1. The molecule has 2 saturated carbocycles. The smallest absolute Gasteiger partial charge is 0.260 e. The van der Waals surface area contributed by atoms with Crippen LogP contribution in [-0.2, 0) is 6.54 Å². The molecule has 0 atom stereocenters. The topological polar surface area (TPSA) is 112 Å². The normalized spacial score (nSPS) is 19.6. The molecular formula is C30H35N7O. The van der Waals surface area contributed by atoms with Crippen LogP contribution in [0.4, 0.5) is 5.95 Å². The number of aromatic nitrogens is 5. The van der Waals surface area contributed by atoms with E-state index in [0.717, 1.165) is 73.0 Å². The number of fused-ring (bicyclic) bond motifs is 1. The van der Waals surface area contributed by atoms with E-state index >= 15 is 0 Å². The molecule has 2 aliphatic rings. The van der Waals surface area contributed by atoms with Gasteiger partial charge in [0.25, 0.3) is 5.56 Å². The Kier molecular flexibility index (Phi) is 6.66. The van der Waals surface area contributed by atoms with Gasteiger partial charge in [-0.2, -0.15) is 4.98 Å². The standard InChI is InChI=1S/C30H35N7O/c1-3-37-28-22(16-33-30(36-28)35-23-9-4-19(14-31)5-10-23)13-26(29(37)38)24-11-8-21(12-25(24)20-6-7-20)27-17-32-15-18(2)34-27/h8,11-13,15-17,19-20,23H,3-7,9-10,14,31H2,1-2H3,(H,33,35,36). The molecule has 0 amide bonds. The molecule has 196 valence electrons. The fourth-order valence-electron chi connectivity index (χ4n) is 5.74. The molecule has 4 aromatic rings. The highest BCUT2D eigenvalue weighted by molar-refractivity contribution is 5.83. The van der Waals surface area contributed by atoms with E-state index in [1.54, 1.807) is 17.0 Å². The summed E-state index contributed by atoms with van der Waals surface area (Å²) in [4.78, 5) is 32.2. The van der Waals surface area contributed by atoms with E-state index in [9.17, 15) is 4.79 Å². The van der Waals surface area contributed by atoms with E-state index < -0.39 is 0 Å². The number of benzene rings is 1. The summed E-state index contributed by atoms with van der Waals surface area (Å²) in [6.07, 6.45) is 12.1. The summed E-state index contributed by atoms with van der Waals surface area (Å²) in [5, 5.41) is 4.37. The van der Waals surface area contributed by atoms with Gasteiger partial charge in [-0.05, 0) is 94.0 Å². The molecule has 1 aromatic carbocycles. The van der Waals surface area contributed by atoms with E-state index in [2.05, 4.69) is 32.4 Å². The Morgan fingerprint density at radius 2 is 1.82 bits per heavy atom. The van der Waals surface area contributed by atoms with Crippen molar-refractivity contribution >= 4 is 17.0 Å². The number of aryl methyl sites for hydroxylation is 2. The molecule has 2 fully saturated rings. The van der Waals surface area contributed by atoms with Crippen LogP contribution < -0.4 is 16.6 Å². The van der Waals surface area contributed by atoms with Gasteiger partial charge < -0.3 is 11.1 Å². The first-order valence-corrected chi connectivity index (χ1v) is 13.8. The van der Waals surface area contributed by atoms with Gasteiger partial charge in [0, 0.05) is 41.5 Å². The number of anilines is 1. The molecule has 0 bridgehead atoms. The van der Waals surface area contributed by atoms with Gasteiger partial charge in [0.05, 0.1) is 17.6 Å². The van der Waals surface area contributed by atoms with E-state index in [1.807, 2.05) is 32.2 Å². The van der Waals surface area contributed by atoms with E-state index in [0.29, 0.717) is 41.6 Å². The molecule has 3 N–H and O–H groups in total. The van der Waals surface area contributed by atoms with Crippen molar-refractivity contribution in [1.82, 2.24) is 24.5 Å². The van der Waals surface area contributed by atoms with Crippen molar-refractivity contribution in [3.05, 3.63) is 64.5 Å². The third-order valence-corrected chi connectivity index (χ3v) is 8.07. The number of hydrogen-bond acceptors (Lipinski definition) is 7. The maximum Gasteiger partial charge on any atom is 0.260 e. The van der Waals surface area contributed by atoms with Crippen molar-refractivity contribution in [3.8, 4) is 22.4 Å². The summed E-state index contributed by atoms with van der Waals surface area (Å²) in [6, 6.07) is 8.62. The lowest BCUT2D eigenvalue weighted by Gasteiger charge is -2.28. The Labute approximate surface area is 222 Å². The summed E-state index contributed by atoms with van der Waals surface area (Å²) < 4.78 is 1.78. The lowest BCUT2D eigenvalue weighted by molar-refractivity contribution is 0.344. The molecule has 0 aliphatic heterocycles. The molecule has 38 heavy (non-hydrogen) atoms. The Hall–Kier alpha value is -3.65. The van der Waals surface area contributed by atoms with Crippen molar-refractivity contribution in [3.63, 3.8) is 0 Å². The molecule has 0 unspecified atom stereocenters. The molecule has 0 saturated heterocycles. The second-order valence-corrected chi connectivity index (χ2v) is 10.8. The summed E-state index contributed by atoms with van der Waals surface area (Å²) >= 11 is 0. The van der Waals surface area contributed by atoms with Gasteiger partial charge in [0.2, 0.25) is 5.95 Å². The zero-order valence-corrected chi connectivity index (χ0v) is 22.2. The molecule has 8 heteroatoms. The SMILES string of the molecule is CCn1c(=O)c(-c2ccc(-c3cncc(C)n3)cc2C2CC2)cc2cnc(NC3CCC(CN)CC3)nc21. The maximum absolute atomic E-state index is 13.8. The minimum atomic E-state index is -0.0156. The average Bonchev–Trinajstić information content (AvgIpc) is 3.79. The van der Waals surface area contributed by atoms with Crippen LogP contribution in [-0.4, -0.2) is 37.1 Å². The minimum absolute atomic E-state index is 0.0156. The second kappa shape index (κ2) is 10.3. The lowest BCUT2D eigenvalue weighted by atomic mass is 9.86. The molecule has 3 heterocycles. The van der Waals surface area contributed by atoms with Crippen LogP contribution in [0, 0.1) is 12.8 Å². The van der Waals surface area contributed by atoms with Gasteiger partial charge in [0.15, 0.2) is 0 Å². The third kappa shape index (κ3) is 4.80. The molecule has 6 rings (SSSR count). The highest BCUT2D eigenvalue weighted by Gasteiger charge is 2.28. The number of nitrogens with zero attached hydrogens (tertiary/aromatic N) is 5. The molecule has 3 aromatic heterocycles. The predicted molar refractivity (Wildman–Crippen MR) is 151 cm³/mol. The second-order valence-electron chi connectivity index (χ2n) is 10.8. The fourth-order valence-corrected chi connectivity index (χ4v) is 5.74. The van der Waals surface area contributed by atoms with Gasteiger partial charge in [-0.3, -0.25) is 14.3 Å². The molecule has 2 aliphatic carbocycles. The van der Waals surface area contributed by atoms with Crippen LogP contribution in [0.15, 0.2) is 47.7 Å². The van der Waals surface area contributed by atoms with Crippen LogP contribution >= 0.6 is 0 Å². The summed E-state index contributed by atoms with van der Waals surface area (Å²) in [6.45, 7) is 5.24. The monoisotopic (exact) mass is 509 g/mol. The summed E-state index contributed by atoms with van der Waals surface area (Å²) in [5.41, 5.74) is 12.2. The average molecular weight is 510 g/mol. The molecule has 8 nitrogen and oxygen atoms in total. The first-order valence-electron chi connectivity index (χ1n) is 13.8.